The highest BCUT2D eigenvalue weighted by Gasteiger charge is 2.16. The molecule has 18 heavy (non-hydrogen) atoms. The summed E-state index contributed by atoms with van der Waals surface area (Å²) in [4.78, 5) is 1.36. The summed E-state index contributed by atoms with van der Waals surface area (Å²) in [6.07, 6.45) is 9.02. The Morgan fingerprint density at radius 1 is 1.22 bits per heavy atom. The zero-order valence-electron chi connectivity index (χ0n) is 10.9. The minimum Gasteiger partial charge on any atom is -0.399 e. The molecule has 1 aliphatic rings. The zero-order valence-corrected chi connectivity index (χ0v) is 11.7. The zero-order chi connectivity index (χ0) is 12.5. The molecule has 3 rings (SSSR count). The summed E-state index contributed by atoms with van der Waals surface area (Å²) in [7, 11) is 2.08. The average Bonchev–Trinajstić information content (AvgIpc) is 2.73. The van der Waals surface area contributed by atoms with Crippen LogP contribution in [-0.4, -0.2) is 9.82 Å². The molecule has 1 aromatic carbocycles. The van der Waals surface area contributed by atoms with Gasteiger partial charge in [-0.1, -0.05) is 19.3 Å². The number of nitrogens with two attached hydrogens (primary N) is 1. The molecule has 0 radical (unpaired) electrons. The van der Waals surface area contributed by atoms with Gasteiger partial charge in [0, 0.05) is 34.5 Å². The van der Waals surface area contributed by atoms with Gasteiger partial charge in [-0.05, 0) is 31.0 Å². The summed E-state index contributed by atoms with van der Waals surface area (Å²) in [6, 6.07) is 6.42. The van der Waals surface area contributed by atoms with Crippen molar-refractivity contribution in [2.24, 2.45) is 7.05 Å². The van der Waals surface area contributed by atoms with Crippen molar-refractivity contribution in [1.82, 2.24) is 4.57 Å². The van der Waals surface area contributed by atoms with Gasteiger partial charge in [0.15, 0.2) is 0 Å². The maximum Gasteiger partial charge on any atom is 0.0509 e. The molecule has 0 aliphatic heterocycles. The maximum atomic E-state index is 6.03. The summed E-state index contributed by atoms with van der Waals surface area (Å²) in [5.41, 5.74) is 8.15. The van der Waals surface area contributed by atoms with E-state index in [0.717, 1.165) is 10.9 Å². The summed E-state index contributed by atoms with van der Waals surface area (Å²) in [5, 5.41) is 2.13. The monoisotopic (exact) mass is 260 g/mol. The maximum absolute atomic E-state index is 6.03. The second kappa shape index (κ2) is 4.88. The van der Waals surface area contributed by atoms with E-state index in [1.165, 1.54) is 47.9 Å². The number of thioether (sulfide) groups is 1. The van der Waals surface area contributed by atoms with E-state index in [0.29, 0.717) is 0 Å². The molecular formula is C15H20N2S. The number of anilines is 1. The van der Waals surface area contributed by atoms with Crippen molar-refractivity contribution in [3.63, 3.8) is 0 Å². The third kappa shape index (κ3) is 2.24. The largest absolute Gasteiger partial charge is 0.399 e. The Morgan fingerprint density at radius 3 is 2.78 bits per heavy atom. The lowest BCUT2D eigenvalue weighted by Crippen LogP contribution is -2.07. The lowest BCUT2D eigenvalue weighted by atomic mass is 10.0. The van der Waals surface area contributed by atoms with E-state index in [9.17, 15) is 0 Å². The van der Waals surface area contributed by atoms with E-state index in [1.807, 2.05) is 11.8 Å². The van der Waals surface area contributed by atoms with Crippen LogP contribution >= 0.6 is 11.8 Å². The Hall–Kier alpha value is -1.09. The Balaban J connectivity index is 1.94. The fraction of sp³-hybridized carbons (Fsp3) is 0.467. The Kier molecular flexibility index (Phi) is 3.25. The first-order valence-corrected chi connectivity index (χ1v) is 7.63. The smallest absolute Gasteiger partial charge is 0.0509 e. The first-order valence-electron chi connectivity index (χ1n) is 6.75. The van der Waals surface area contributed by atoms with Gasteiger partial charge in [0.1, 0.15) is 0 Å². The van der Waals surface area contributed by atoms with Crippen LogP contribution in [0.25, 0.3) is 10.9 Å². The fourth-order valence-electron chi connectivity index (χ4n) is 2.82. The summed E-state index contributed by atoms with van der Waals surface area (Å²) < 4.78 is 2.15. The molecule has 2 aromatic rings. The first-order chi connectivity index (χ1) is 8.74. The lowest BCUT2D eigenvalue weighted by Gasteiger charge is -2.21. The van der Waals surface area contributed by atoms with Crippen LogP contribution in [0.3, 0.4) is 0 Å². The number of rotatable bonds is 2. The fourth-order valence-corrected chi connectivity index (χ4v) is 4.25. The van der Waals surface area contributed by atoms with Crippen LogP contribution in [0.5, 0.6) is 0 Å². The molecule has 96 valence electrons. The molecule has 1 saturated carbocycles. The molecule has 1 aliphatic carbocycles. The number of hydrogen-bond donors (Lipinski definition) is 1. The summed E-state index contributed by atoms with van der Waals surface area (Å²) >= 11 is 2.03. The van der Waals surface area contributed by atoms with E-state index in [-0.39, 0.29) is 0 Å². The van der Waals surface area contributed by atoms with Gasteiger partial charge in [0.25, 0.3) is 0 Å². The Bertz CT molecular complexity index is 553. The van der Waals surface area contributed by atoms with E-state index < -0.39 is 0 Å². The predicted molar refractivity (Wildman–Crippen MR) is 80.1 cm³/mol. The van der Waals surface area contributed by atoms with Crippen LogP contribution in [-0.2, 0) is 7.05 Å². The van der Waals surface area contributed by atoms with E-state index >= 15 is 0 Å². The molecule has 0 spiro atoms. The average molecular weight is 260 g/mol. The number of fused-ring (bicyclic) bond motifs is 1. The number of nitrogens with zero attached hydrogens (tertiary/aromatic N) is 1. The topological polar surface area (TPSA) is 30.9 Å². The third-order valence-corrected chi connectivity index (χ3v) is 5.23. The molecule has 0 bridgehead atoms. The van der Waals surface area contributed by atoms with Crippen molar-refractivity contribution < 1.29 is 0 Å². The number of nitrogen functional groups attached to an aromatic ring is 1. The second-order valence-electron chi connectivity index (χ2n) is 5.26. The first kappa shape index (κ1) is 12.0. The molecule has 1 heterocycles. The van der Waals surface area contributed by atoms with Gasteiger partial charge in [0.2, 0.25) is 0 Å². The molecule has 0 atom stereocenters. The van der Waals surface area contributed by atoms with E-state index in [1.54, 1.807) is 0 Å². The highest BCUT2D eigenvalue weighted by molar-refractivity contribution is 8.00. The van der Waals surface area contributed by atoms with Crippen molar-refractivity contribution in [3.05, 3.63) is 24.4 Å². The summed E-state index contributed by atoms with van der Waals surface area (Å²) in [5.74, 6) is 0. The molecule has 2 N–H and O–H groups in total. The van der Waals surface area contributed by atoms with E-state index in [4.69, 9.17) is 5.73 Å². The predicted octanol–water partition coefficient (Wildman–Crippen LogP) is 4.19. The number of aromatic nitrogens is 1. The highest BCUT2D eigenvalue weighted by Crippen LogP contribution is 2.38. The minimum atomic E-state index is 0.781. The van der Waals surface area contributed by atoms with Gasteiger partial charge < -0.3 is 10.3 Å². The van der Waals surface area contributed by atoms with Gasteiger partial charge >= 0.3 is 0 Å². The van der Waals surface area contributed by atoms with Gasteiger partial charge in [-0.25, -0.2) is 0 Å². The van der Waals surface area contributed by atoms with Gasteiger partial charge in [-0.3, -0.25) is 0 Å². The van der Waals surface area contributed by atoms with Gasteiger partial charge in [-0.15, -0.1) is 11.8 Å². The second-order valence-corrected chi connectivity index (χ2v) is 6.60. The molecule has 0 unspecified atom stereocenters. The molecule has 1 fully saturated rings. The quantitative estimate of drug-likeness (QED) is 0.821. The standard InChI is InChI=1S/C15H20N2S/c1-17-8-7-13-14(17)9-11(16)10-15(13)18-12-5-3-2-4-6-12/h7-10,12H,2-6,16H2,1H3. The molecule has 3 heteroatoms. The SMILES string of the molecule is Cn1ccc2c(SC3CCCCC3)cc(N)cc21. The van der Waals surface area contributed by atoms with Crippen molar-refractivity contribution in [3.8, 4) is 0 Å². The van der Waals surface area contributed by atoms with Crippen molar-refractivity contribution >= 4 is 28.4 Å². The van der Waals surface area contributed by atoms with Crippen LogP contribution in [0.15, 0.2) is 29.3 Å². The minimum absolute atomic E-state index is 0.781. The highest BCUT2D eigenvalue weighted by atomic mass is 32.2. The lowest BCUT2D eigenvalue weighted by molar-refractivity contribution is 0.516. The van der Waals surface area contributed by atoms with Gasteiger partial charge in [-0.2, -0.15) is 0 Å². The van der Waals surface area contributed by atoms with Gasteiger partial charge in [0.05, 0.1) is 5.52 Å². The Labute approximate surface area is 113 Å². The van der Waals surface area contributed by atoms with Crippen molar-refractivity contribution in [2.75, 3.05) is 5.73 Å². The summed E-state index contributed by atoms with van der Waals surface area (Å²) in [6.45, 7) is 0. The van der Waals surface area contributed by atoms with Crippen molar-refractivity contribution in [1.29, 1.82) is 0 Å². The van der Waals surface area contributed by atoms with Crippen LogP contribution < -0.4 is 5.73 Å². The Morgan fingerprint density at radius 2 is 2.00 bits per heavy atom. The van der Waals surface area contributed by atoms with Crippen molar-refractivity contribution in [2.45, 2.75) is 42.2 Å². The van der Waals surface area contributed by atoms with Crippen LogP contribution in [0.1, 0.15) is 32.1 Å². The molecule has 0 amide bonds. The normalized spacial score (nSPS) is 17.4. The van der Waals surface area contributed by atoms with E-state index in [2.05, 4.69) is 36.0 Å². The van der Waals surface area contributed by atoms with Crippen LogP contribution in [0, 0.1) is 0 Å². The number of benzene rings is 1. The van der Waals surface area contributed by atoms with Crippen LogP contribution in [0.4, 0.5) is 5.69 Å². The third-order valence-electron chi connectivity index (χ3n) is 3.83. The molecule has 0 saturated heterocycles. The molecular weight excluding hydrogens is 240 g/mol. The number of hydrogen-bond acceptors (Lipinski definition) is 2. The van der Waals surface area contributed by atoms with Crippen LogP contribution in [0.2, 0.25) is 0 Å². The number of aryl methyl sites for hydroxylation is 1. The molecule has 1 aromatic heterocycles. The molecule has 2 nitrogen and oxygen atoms in total.